The summed E-state index contributed by atoms with van der Waals surface area (Å²) in [4.78, 5) is 7.46. The van der Waals surface area contributed by atoms with Crippen LogP contribution >= 0.6 is 11.6 Å². The number of hydrogen-bond acceptors (Lipinski definition) is 4. The Hall–Kier alpha value is -3.02. The normalized spacial score (nSPS) is 16.5. The van der Waals surface area contributed by atoms with E-state index in [0.717, 1.165) is 53.4 Å². The molecule has 0 spiro atoms. The van der Waals surface area contributed by atoms with Gasteiger partial charge in [-0.3, -0.25) is 0 Å². The van der Waals surface area contributed by atoms with Crippen molar-refractivity contribution < 1.29 is 9.47 Å². The molecule has 1 aliphatic rings. The predicted octanol–water partition coefficient (Wildman–Crippen LogP) is 6.58. The van der Waals surface area contributed by atoms with Gasteiger partial charge in [0.25, 0.3) is 0 Å². The van der Waals surface area contributed by atoms with Crippen molar-refractivity contribution in [2.45, 2.75) is 39.0 Å². The van der Waals surface area contributed by atoms with Crippen LogP contribution in [0.3, 0.4) is 0 Å². The number of aromatic nitrogens is 2. The number of fused-ring (bicyclic) bond motifs is 1. The first-order valence-electron chi connectivity index (χ1n) is 12.4. The molecule has 1 fully saturated rings. The van der Waals surface area contributed by atoms with Crippen molar-refractivity contribution in [1.29, 1.82) is 0 Å². The summed E-state index contributed by atoms with van der Waals surface area (Å²) >= 11 is 6.03. The number of aryl methyl sites for hydroxylation is 1. The number of para-hydroxylation sites is 1. The van der Waals surface area contributed by atoms with Gasteiger partial charge in [0.1, 0.15) is 36.1 Å². The van der Waals surface area contributed by atoms with E-state index in [9.17, 15) is 0 Å². The number of nitrogens with zero attached hydrogens (tertiary/aromatic N) is 3. The smallest absolute Gasteiger partial charge is 0.148 e. The van der Waals surface area contributed by atoms with Crippen LogP contribution in [0, 0.1) is 5.92 Å². The van der Waals surface area contributed by atoms with Gasteiger partial charge in [-0.2, -0.15) is 0 Å². The van der Waals surface area contributed by atoms with E-state index < -0.39 is 0 Å². The summed E-state index contributed by atoms with van der Waals surface area (Å²) in [7, 11) is 2.22. The first-order chi connectivity index (χ1) is 17.2. The summed E-state index contributed by atoms with van der Waals surface area (Å²) in [6.45, 7) is 4.18. The van der Waals surface area contributed by atoms with Gasteiger partial charge in [-0.25, -0.2) is 4.98 Å². The number of rotatable bonds is 9. The minimum Gasteiger partial charge on any atom is -0.487 e. The van der Waals surface area contributed by atoms with Gasteiger partial charge in [0.05, 0.1) is 5.52 Å². The lowest BCUT2D eigenvalue weighted by molar-refractivity contribution is 0.196. The highest BCUT2D eigenvalue weighted by atomic mass is 35.5. The number of benzene rings is 3. The lowest BCUT2D eigenvalue weighted by atomic mass is 9.95. The first kappa shape index (κ1) is 23.7. The average Bonchev–Trinajstić information content (AvgIpc) is 3.24. The van der Waals surface area contributed by atoms with Crippen LogP contribution in [-0.2, 0) is 19.8 Å². The number of likely N-dealkylation sites (tertiary alicyclic amines) is 1. The summed E-state index contributed by atoms with van der Waals surface area (Å²) in [5.74, 6) is 3.20. The molecule has 182 valence electrons. The first-order valence-corrected chi connectivity index (χ1v) is 12.8. The van der Waals surface area contributed by atoms with Crippen LogP contribution in [0.5, 0.6) is 11.5 Å². The number of piperidine rings is 1. The quantitative estimate of drug-likeness (QED) is 0.266. The Kier molecular flexibility index (Phi) is 7.55. The highest BCUT2D eigenvalue weighted by Crippen LogP contribution is 2.29. The lowest BCUT2D eigenvalue weighted by Gasteiger charge is -2.29. The Morgan fingerprint density at radius 1 is 0.943 bits per heavy atom. The van der Waals surface area contributed by atoms with Gasteiger partial charge in [0.15, 0.2) is 0 Å². The second-order valence-electron chi connectivity index (χ2n) is 9.38. The molecule has 0 amide bonds. The summed E-state index contributed by atoms with van der Waals surface area (Å²) in [5, 5.41) is 0.697. The number of ether oxygens (including phenoxy) is 2. The average molecular weight is 490 g/mol. The van der Waals surface area contributed by atoms with E-state index in [-0.39, 0.29) is 0 Å². The van der Waals surface area contributed by atoms with E-state index in [1.165, 1.54) is 19.4 Å². The Morgan fingerprint density at radius 3 is 2.57 bits per heavy atom. The van der Waals surface area contributed by atoms with Crippen LogP contribution in [0.2, 0.25) is 5.02 Å². The fourth-order valence-electron chi connectivity index (χ4n) is 4.88. The molecule has 3 aromatic carbocycles. The van der Waals surface area contributed by atoms with Gasteiger partial charge in [-0.05, 0) is 80.7 Å². The SMILES string of the molecule is CN1CCCC(CCn2c(COc3ccc(Cl)cc3)nc3c(OCc4ccccc4)cccc32)C1. The third-order valence-corrected chi connectivity index (χ3v) is 6.97. The topological polar surface area (TPSA) is 39.5 Å². The maximum Gasteiger partial charge on any atom is 0.148 e. The molecule has 1 aromatic heterocycles. The highest BCUT2D eigenvalue weighted by Gasteiger charge is 2.20. The predicted molar refractivity (Wildman–Crippen MR) is 141 cm³/mol. The molecule has 1 unspecified atom stereocenters. The van der Waals surface area contributed by atoms with E-state index in [1.807, 2.05) is 48.5 Å². The molecule has 1 aliphatic heterocycles. The Bertz CT molecular complexity index is 1240. The van der Waals surface area contributed by atoms with Crippen LogP contribution in [0.1, 0.15) is 30.7 Å². The van der Waals surface area contributed by atoms with Crippen molar-refractivity contribution in [3.8, 4) is 11.5 Å². The van der Waals surface area contributed by atoms with Crippen molar-refractivity contribution in [1.82, 2.24) is 14.5 Å². The van der Waals surface area contributed by atoms with Crippen molar-refractivity contribution in [3.05, 3.63) is 89.2 Å². The molecular formula is C29H32ClN3O2. The van der Waals surface area contributed by atoms with E-state index in [1.54, 1.807) is 0 Å². The van der Waals surface area contributed by atoms with Crippen LogP contribution in [0.4, 0.5) is 0 Å². The fourth-order valence-corrected chi connectivity index (χ4v) is 5.01. The second-order valence-corrected chi connectivity index (χ2v) is 9.82. The molecule has 35 heavy (non-hydrogen) atoms. The molecule has 0 aliphatic carbocycles. The van der Waals surface area contributed by atoms with Crippen molar-refractivity contribution in [2.75, 3.05) is 20.1 Å². The largest absolute Gasteiger partial charge is 0.487 e. The van der Waals surface area contributed by atoms with Crippen LogP contribution < -0.4 is 9.47 Å². The van der Waals surface area contributed by atoms with Crippen LogP contribution in [0.25, 0.3) is 11.0 Å². The Morgan fingerprint density at radius 2 is 1.77 bits per heavy atom. The minimum absolute atomic E-state index is 0.388. The Balaban J connectivity index is 1.40. The summed E-state index contributed by atoms with van der Waals surface area (Å²) < 4.78 is 14.6. The molecule has 0 saturated carbocycles. The van der Waals surface area contributed by atoms with Crippen molar-refractivity contribution in [2.24, 2.45) is 5.92 Å². The molecule has 1 saturated heterocycles. The van der Waals surface area contributed by atoms with Gasteiger partial charge >= 0.3 is 0 Å². The van der Waals surface area contributed by atoms with E-state index in [4.69, 9.17) is 26.1 Å². The van der Waals surface area contributed by atoms with Crippen molar-refractivity contribution >= 4 is 22.6 Å². The van der Waals surface area contributed by atoms with Gasteiger partial charge in [-0.15, -0.1) is 0 Å². The monoisotopic (exact) mass is 489 g/mol. The number of halogens is 1. The van der Waals surface area contributed by atoms with Crippen LogP contribution in [-0.4, -0.2) is 34.6 Å². The van der Waals surface area contributed by atoms with Gasteiger partial charge in [-0.1, -0.05) is 48.0 Å². The molecule has 1 atom stereocenters. The zero-order valence-corrected chi connectivity index (χ0v) is 21.0. The molecule has 6 heteroatoms. The molecule has 5 rings (SSSR count). The molecular weight excluding hydrogens is 458 g/mol. The molecule has 0 bridgehead atoms. The zero-order valence-electron chi connectivity index (χ0n) is 20.2. The highest BCUT2D eigenvalue weighted by molar-refractivity contribution is 6.30. The third kappa shape index (κ3) is 5.98. The molecule has 5 nitrogen and oxygen atoms in total. The summed E-state index contributed by atoms with van der Waals surface area (Å²) in [6.07, 6.45) is 3.69. The van der Waals surface area contributed by atoms with Crippen molar-refractivity contribution in [3.63, 3.8) is 0 Å². The number of hydrogen-bond donors (Lipinski definition) is 0. The summed E-state index contributed by atoms with van der Waals surface area (Å²) in [5.41, 5.74) is 3.12. The van der Waals surface area contributed by atoms with E-state index in [0.29, 0.717) is 24.2 Å². The van der Waals surface area contributed by atoms with Gasteiger partial charge < -0.3 is 18.9 Å². The third-order valence-electron chi connectivity index (χ3n) is 6.72. The molecule has 2 heterocycles. The maximum atomic E-state index is 6.22. The number of imidazole rings is 1. The zero-order chi connectivity index (χ0) is 24.0. The summed E-state index contributed by atoms with van der Waals surface area (Å²) in [6, 6.07) is 23.9. The fraction of sp³-hybridized carbons (Fsp3) is 0.345. The molecule has 4 aromatic rings. The molecule has 0 radical (unpaired) electrons. The van der Waals surface area contributed by atoms with Crippen LogP contribution in [0.15, 0.2) is 72.8 Å². The van der Waals surface area contributed by atoms with E-state index >= 15 is 0 Å². The van der Waals surface area contributed by atoms with Gasteiger partial charge in [0.2, 0.25) is 0 Å². The lowest BCUT2D eigenvalue weighted by Crippen LogP contribution is -2.32. The molecule has 0 N–H and O–H groups in total. The second kappa shape index (κ2) is 11.1. The Labute approximate surface area is 212 Å². The maximum absolute atomic E-state index is 6.22. The van der Waals surface area contributed by atoms with E-state index in [2.05, 4.69) is 40.8 Å². The minimum atomic E-state index is 0.388. The van der Waals surface area contributed by atoms with Gasteiger partial charge in [0, 0.05) is 18.1 Å². The standard InChI is InChI=1S/C29H32ClN3O2/c1-32-17-6-9-22(19-32)16-18-33-26-10-5-11-27(35-20-23-7-3-2-4-8-23)29(26)31-28(33)21-34-25-14-12-24(30)13-15-25/h2-5,7-8,10-15,22H,6,9,16-21H2,1H3.